The van der Waals surface area contributed by atoms with Crippen LogP contribution in [-0.4, -0.2) is 44.6 Å². The van der Waals surface area contributed by atoms with Crippen molar-refractivity contribution >= 4 is 5.95 Å². The molecule has 1 heterocycles. The first-order valence-electron chi connectivity index (χ1n) is 4.52. The van der Waals surface area contributed by atoms with Crippen LogP contribution in [0.5, 0.6) is 0 Å². The van der Waals surface area contributed by atoms with E-state index in [0.717, 1.165) is 4.57 Å². The summed E-state index contributed by atoms with van der Waals surface area (Å²) in [6.07, 6.45) is 2.50. The highest BCUT2D eigenvalue weighted by molar-refractivity contribution is 5.07. The van der Waals surface area contributed by atoms with Gasteiger partial charge in [0.25, 0.3) is 0 Å². The normalized spacial score (nSPS) is 11.7. The Bertz CT molecular complexity index is 356. The van der Waals surface area contributed by atoms with Gasteiger partial charge in [-0.25, -0.2) is 4.57 Å². The smallest absolute Gasteiger partial charge is 0.395 e. The quantitative estimate of drug-likeness (QED) is 0.520. The summed E-state index contributed by atoms with van der Waals surface area (Å²) in [4.78, 5) is 13.3. The highest BCUT2D eigenvalue weighted by Gasteiger charge is 2.33. The fourth-order valence-electron chi connectivity index (χ4n) is 1.23. The van der Waals surface area contributed by atoms with Crippen molar-refractivity contribution in [1.82, 2.24) is 9.55 Å². The molecular weight excluding hydrogens is 221 g/mol. The van der Waals surface area contributed by atoms with E-state index in [4.69, 9.17) is 10.2 Å². The first-order chi connectivity index (χ1) is 7.58. The molecule has 0 saturated heterocycles. The molecule has 8 heteroatoms. The van der Waals surface area contributed by atoms with E-state index in [1.165, 1.54) is 12.4 Å². The molecule has 7 nitrogen and oxygen atoms in total. The molecule has 0 bridgehead atoms. The minimum Gasteiger partial charge on any atom is -0.395 e. The number of imidazole rings is 1. The fraction of sp³-hybridized carbons (Fsp3) is 0.625. The molecule has 0 fully saturated rings. The largest absolute Gasteiger partial charge is 0.434 e. The average molecular weight is 233 g/mol. The molecule has 0 unspecified atom stereocenters. The molecule has 0 spiro atoms. The van der Waals surface area contributed by atoms with E-state index >= 15 is 0 Å². The summed E-state index contributed by atoms with van der Waals surface area (Å²) in [6, 6.07) is 0. The molecule has 1 rings (SSSR count). The maximum absolute atomic E-state index is 12.7. The highest BCUT2D eigenvalue weighted by atomic mass is 19.1. The Morgan fingerprint density at radius 1 is 1.56 bits per heavy atom. The molecule has 1 aromatic heterocycles. The van der Waals surface area contributed by atoms with Crippen LogP contribution in [0, 0.1) is 15.5 Å². The van der Waals surface area contributed by atoms with Gasteiger partial charge in [0.2, 0.25) is 0 Å². The van der Waals surface area contributed by atoms with E-state index in [2.05, 4.69) is 4.98 Å². The van der Waals surface area contributed by atoms with Gasteiger partial charge < -0.3 is 20.3 Å². The number of aliphatic hydroxyl groups is 2. The summed E-state index contributed by atoms with van der Waals surface area (Å²) in [6.45, 7) is -2.38. The van der Waals surface area contributed by atoms with Crippen LogP contribution in [0.1, 0.15) is 0 Å². The maximum Gasteiger partial charge on any atom is 0.434 e. The molecule has 0 aliphatic rings. The number of halogens is 1. The topological polar surface area (TPSA) is 101 Å². The van der Waals surface area contributed by atoms with E-state index in [0.29, 0.717) is 0 Å². The molecule has 1 aromatic rings. The van der Waals surface area contributed by atoms with Crippen LogP contribution >= 0.6 is 0 Å². The number of hydrogen-bond donors (Lipinski definition) is 2. The second-order valence-electron chi connectivity index (χ2n) is 3.56. The highest BCUT2D eigenvalue weighted by Crippen LogP contribution is 2.22. The zero-order chi connectivity index (χ0) is 12.2. The summed E-state index contributed by atoms with van der Waals surface area (Å²) in [5.74, 6) is -0.445. The van der Waals surface area contributed by atoms with E-state index < -0.39 is 36.2 Å². The van der Waals surface area contributed by atoms with E-state index in [1.807, 2.05) is 0 Å². The standard InChI is InChI=1S/C8H12FN3O4/c9-3-8(5-13,6-14)4-11-2-1-10-7(11)12(15)16/h1-2,13-14H,3-6H2. The van der Waals surface area contributed by atoms with Gasteiger partial charge in [-0.05, 0) is 4.92 Å². The van der Waals surface area contributed by atoms with Gasteiger partial charge in [-0.15, -0.1) is 0 Å². The summed E-state index contributed by atoms with van der Waals surface area (Å²) in [5, 5.41) is 28.5. The number of rotatable bonds is 6. The van der Waals surface area contributed by atoms with Crippen LogP contribution in [-0.2, 0) is 6.54 Å². The third-order valence-electron chi connectivity index (χ3n) is 2.32. The number of aromatic nitrogens is 2. The molecule has 0 aromatic carbocycles. The molecule has 16 heavy (non-hydrogen) atoms. The Balaban J connectivity index is 2.93. The van der Waals surface area contributed by atoms with Gasteiger partial charge in [0.05, 0.1) is 25.2 Å². The van der Waals surface area contributed by atoms with Crippen molar-refractivity contribution in [3.05, 3.63) is 22.5 Å². The Hall–Kier alpha value is -1.54. The van der Waals surface area contributed by atoms with Gasteiger partial charge in [-0.1, -0.05) is 4.98 Å². The number of hydrogen-bond acceptors (Lipinski definition) is 5. The van der Waals surface area contributed by atoms with Crippen LogP contribution in [0.15, 0.2) is 12.4 Å². The molecule has 0 radical (unpaired) electrons. The van der Waals surface area contributed by atoms with Crippen LogP contribution in [0.4, 0.5) is 10.3 Å². The first kappa shape index (κ1) is 12.5. The van der Waals surface area contributed by atoms with Crippen LogP contribution in [0.2, 0.25) is 0 Å². The fourth-order valence-corrected chi connectivity index (χ4v) is 1.23. The molecule has 0 aliphatic heterocycles. The van der Waals surface area contributed by atoms with Gasteiger partial charge in [0.1, 0.15) is 19.1 Å². The van der Waals surface area contributed by atoms with Crippen LogP contribution in [0.25, 0.3) is 0 Å². The second-order valence-corrected chi connectivity index (χ2v) is 3.56. The molecule has 90 valence electrons. The summed E-state index contributed by atoms with van der Waals surface area (Å²) < 4.78 is 13.8. The lowest BCUT2D eigenvalue weighted by molar-refractivity contribution is -0.397. The van der Waals surface area contributed by atoms with Crippen molar-refractivity contribution in [2.24, 2.45) is 5.41 Å². The van der Waals surface area contributed by atoms with E-state index in [1.54, 1.807) is 0 Å². The van der Waals surface area contributed by atoms with Gasteiger partial charge in [-0.2, -0.15) is 0 Å². The third-order valence-corrected chi connectivity index (χ3v) is 2.32. The van der Waals surface area contributed by atoms with Gasteiger partial charge >= 0.3 is 5.95 Å². The molecular formula is C8H12FN3O4. The lowest BCUT2D eigenvalue weighted by Gasteiger charge is -2.24. The zero-order valence-electron chi connectivity index (χ0n) is 8.41. The molecule has 0 saturated carbocycles. The Labute approximate surface area is 90.3 Å². The number of nitro groups is 1. The predicted molar refractivity (Wildman–Crippen MR) is 51.5 cm³/mol. The molecule has 0 aliphatic carbocycles. The summed E-state index contributed by atoms with van der Waals surface area (Å²) >= 11 is 0. The van der Waals surface area contributed by atoms with Crippen molar-refractivity contribution in [1.29, 1.82) is 0 Å². The minimum atomic E-state index is -1.41. The van der Waals surface area contributed by atoms with Crippen molar-refractivity contribution in [2.75, 3.05) is 19.9 Å². The first-order valence-corrected chi connectivity index (χ1v) is 4.52. The average Bonchev–Trinajstić information content (AvgIpc) is 2.74. The lowest BCUT2D eigenvalue weighted by atomic mass is 9.92. The maximum atomic E-state index is 12.7. The van der Waals surface area contributed by atoms with Gasteiger partial charge in [0.15, 0.2) is 0 Å². The van der Waals surface area contributed by atoms with Crippen molar-refractivity contribution in [3.63, 3.8) is 0 Å². The van der Waals surface area contributed by atoms with Crippen molar-refractivity contribution in [2.45, 2.75) is 6.54 Å². The Morgan fingerprint density at radius 3 is 2.62 bits per heavy atom. The molecule has 0 amide bonds. The monoisotopic (exact) mass is 233 g/mol. The number of alkyl halides is 1. The van der Waals surface area contributed by atoms with Gasteiger partial charge in [0, 0.05) is 0 Å². The van der Waals surface area contributed by atoms with Crippen molar-refractivity contribution in [3.8, 4) is 0 Å². The number of aliphatic hydroxyl groups excluding tert-OH is 2. The Kier molecular flexibility index (Phi) is 3.91. The van der Waals surface area contributed by atoms with Gasteiger partial charge in [-0.3, -0.25) is 4.39 Å². The lowest BCUT2D eigenvalue weighted by Crippen LogP contribution is -2.37. The molecule has 2 N–H and O–H groups in total. The predicted octanol–water partition coefficient (Wildman–Crippen LogP) is -0.268. The third kappa shape index (κ3) is 2.34. The summed E-state index contributed by atoms with van der Waals surface area (Å²) in [5.41, 5.74) is -1.41. The van der Waals surface area contributed by atoms with Crippen LogP contribution < -0.4 is 0 Å². The minimum absolute atomic E-state index is 0.202. The number of nitrogens with zero attached hydrogens (tertiary/aromatic N) is 3. The Morgan fingerprint density at radius 2 is 2.19 bits per heavy atom. The van der Waals surface area contributed by atoms with E-state index in [-0.39, 0.29) is 6.54 Å². The van der Waals surface area contributed by atoms with Crippen LogP contribution in [0.3, 0.4) is 0 Å². The van der Waals surface area contributed by atoms with E-state index in [9.17, 15) is 14.5 Å². The molecule has 0 atom stereocenters. The second kappa shape index (κ2) is 4.99. The SMILES string of the molecule is O=[N+]([O-])c1nccn1CC(CO)(CO)CF. The summed E-state index contributed by atoms with van der Waals surface area (Å²) in [7, 11) is 0. The zero-order valence-corrected chi connectivity index (χ0v) is 8.41. The van der Waals surface area contributed by atoms with Crippen molar-refractivity contribution < 1.29 is 19.5 Å².